The molecule has 1 heterocycles. The van der Waals surface area contributed by atoms with Gasteiger partial charge in [-0.25, -0.2) is 0 Å². The summed E-state index contributed by atoms with van der Waals surface area (Å²) in [7, 11) is -1.63. The Bertz CT molecular complexity index is 396. The quantitative estimate of drug-likeness (QED) is 0.754. The molecule has 0 N–H and O–H groups in total. The molecule has 0 radical (unpaired) electrons. The van der Waals surface area contributed by atoms with E-state index in [-0.39, 0.29) is 5.04 Å². The maximum absolute atomic E-state index is 6.14. The highest BCUT2D eigenvalue weighted by Gasteiger charge is 2.36. The molecule has 0 saturated carbocycles. The first-order chi connectivity index (χ1) is 8.17. The average Bonchev–Trinajstić information content (AvgIpc) is 2.57. The Hall–Kier alpha value is -0.133. The lowest BCUT2D eigenvalue weighted by Crippen LogP contribution is -2.41. The van der Waals surface area contributed by atoms with Gasteiger partial charge >= 0.3 is 0 Å². The van der Waals surface area contributed by atoms with Crippen LogP contribution >= 0.6 is 15.9 Å². The molecule has 0 aliphatic carbocycles. The van der Waals surface area contributed by atoms with E-state index in [2.05, 4.69) is 61.8 Å². The van der Waals surface area contributed by atoms with Gasteiger partial charge in [-0.3, -0.25) is 4.68 Å². The second-order valence-corrected chi connectivity index (χ2v) is 11.8. The van der Waals surface area contributed by atoms with Gasteiger partial charge in [-0.2, -0.15) is 5.10 Å². The molecule has 0 saturated heterocycles. The monoisotopic (exact) mass is 332 g/mol. The zero-order valence-corrected chi connectivity index (χ0v) is 15.0. The summed E-state index contributed by atoms with van der Waals surface area (Å²) in [4.78, 5) is 0. The van der Waals surface area contributed by atoms with Crippen LogP contribution in [0.4, 0.5) is 0 Å². The molecule has 0 atom stereocenters. The van der Waals surface area contributed by atoms with Crippen molar-refractivity contribution in [1.82, 2.24) is 9.78 Å². The van der Waals surface area contributed by atoms with Gasteiger partial charge in [0.25, 0.3) is 0 Å². The molecule has 1 rings (SSSR count). The van der Waals surface area contributed by atoms with Crippen molar-refractivity contribution in [3.8, 4) is 0 Å². The highest BCUT2D eigenvalue weighted by atomic mass is 79.9. The maximum atomic E-state index is 6.14. The fraction of sp³-hybridized carbons (Fsp3) is 0.769. The lowest BCUT2D eigenvalue weighted by atomic mass is 10.2. The normalized spacial score (nSPS) is 13.1. The molecular weight excluding hydrogens is 308 g/mol. The van der Waals surface area contributed by atoms with E-state index in [1.54, 1.807) is 0 Å². The Kier molecular flexibility index (Phi) is 5.20. The van der Waals surface area contributed by atoms with Gasteiger partial charge in [0.05, 0.1) is 23.3 Å². The molecular formula is C13H25BrN2OSi. The van der Waals surface area contributed by atoms with Crippen LogP contribution in [0.15, 0.2) is 10.7 Å². The van der Waals surface area contributed by atoms with E-state index < -0.39 is 8.32 Å². The molecule has 1 aromatic rings. The molecule has 3 nitrogen and oxygen atoms in total. The van der Waals surface area contributed by atoms with E-state index in [1.165, 1.54) is 0 Å². The topological polar surface area (TPSA) is 27.1 Å². The van der Waals surface area contributed by atoms with Gasteiger partial charge in [-0.1, -0.05) is 27.7 Å². The summed E-state index contributed by atoms with van der Waals surface area (Å²) in [6, 6.07) is 0. The van der Waals surface area contributed by atoms with Gasteiger partial charge in [-0.05, 0) is 40.5 Å². The van der Waals surface area contributed by atoms with E-state index in [1.807, 2.05) is 10.9 Å². The van der Waals surface area contributed by atoms with E-state index in [9.17, 15) is 0 Å². The fourth-order valence-electron chi connectivity index (χ4n) is 1.40. The molecule has 0 spiro atoms. The molecule has 0 fully saturated rings. The predicted molar refractivity (Wildman–Crippen MR) is 82.5 cm³/mol. The number of aromatic nitrogens is 2. The third-order valence-corrected chi connectivity index (χ3v) is 8.91. The fourth-order valence-corrected chi connectivity index (χ4v) is 3.03. The van der Waals surface area contributed by atoms with E-state index in [4.69, 9.17) is 4.43 Å². The molecule has 0 amide bonds. The molecule has 0 aliphatic rings. The van der Waals surface area contributed by atoms with Gasteiger partial charge in [0, 0.05) is 6.20 Å². The summed E-state index contributed by atoms with van der Waals surface area (Å²) < 4.78 is 9.21. The Morgan fingerprint density at radius 3 is 2.44 bits per heavy atom. The Morgan fingerprint density at radius 2 is 2.00 bits per heavy atom. The summed E-state index contributed by atoms with van der Waals surface area (Å²) >= 11 is 3.52. The smallest absolute Gasteiger partial charge is 0.192 e. The molecule has 0 aromatic carbocycles. The standard InChI is InChI=1S/C13H25BrN2OSi/c1-7-12-11(14)10-16(15-12)8-9-17-18(5,6)13(2,3)4/h10H,7-9H2,1-6H3. The number of halogens is 1. The van der Waals surface area contributed by atoms with Gasteiger partial charge in [-0.15, -0.1) is 0 Å². The lowest BCUT2D eigenvalue weighted by Gasteiger charge is -2.36. The molecule has 104 valence electrons. The molecule has 0 aliphatic heterocycles. The minimum absolute atomic E-state index is 0.270. The van der Waals surface area contributed by atoms with Crippen molar-refractivity contribution in [2.75, 3.05) is 6.61 Å². The third-order valence-electron chi connectivity index (χ3n) is 3.71. The molecule has 0 unspecified atom stereocenters. The van der Waals surface area contributed by atoms with E-state index >= 15 is 0 Å². The zero-order chi connectivity index (χ0) is 14.0. The van der Waals surface area contributed by atoms with Crippen molar-refractivity contribution in [3.63, 3.8) is 0 Å². The molecule has 1 aromatic heterocycles. The predicted octanol–water partition coefficient (Wildman–Crippen LogP) is 4.23. The van der Waals surface area contributed by atoms with Gasteiger partial charge in [0.1, 0.15) is 0 Å². The second kappa shape index (κ2) is 5.88. The van der Waals surface area contributed by atoms with Crippen LogP contribution in [0.1, 0.15) is 33.4 Å². The molecule has 5 heteroatoms. The molecule has 0 bridgehead atoms. The number of nitrogens with zero attached hydrogens (tertiary/aromatic N) is 2. The van der Waals surface area contributed by atoms with Crippen molar-refractivity contribution in [2.24, 2.45) is 0 Å². The van der Waals surface area contributed by atoms with Gasteiger partial charge < -0.3 is 4.43 Å². The third kappa shape index (κ3) is 3.93. The van der Waals surface area contributed by atoms with Crippen molar-refractivity contribution in [3.05, 3.63) is 16.4 Å². The van der Waals surface area contributed by atoms with Crippen LogP contribution in [-0.2, 0) is 17.4 Å². The maximum Gasteiger partial charge on any atom is 0.192 e. The summed E-state index contributed by atoms with van der Waals surface area (Å²) in [5.41, 5.74) is 1.11. The largest absolute Gasteiger partial charge is 0.415 e. The second-order valence-electron chi connectivity index (χ2n) is 6.15. The van der Waals surface area contributed by atoms with Crippen molar-refractivity contribution in [2.45, 2.75) is 58.8 Å². The minimum Gasteiger partial charge on any atom is -0.415 e. The average molecular weight is 333 g/mol. The van der Waals surface area contributed by atoms with Crippen molar-refractivity contribution >= 4 is 24.2 Å². The van der Waals surface area contributed by atoms with Crippen LogP contribution in [0.25, 0.3) is 0 Å². The van der Waals surface area contributed by atoms with Crippen LogP contribution in [0.2, 0.25) is 18.1 Å². The summed E-state index contributed by atoms with van der Waals surface area (Å²) in [6.45, 7) is 15.0. The Balaban J connectivity index is 2.51. The van der Waals surface area contributed by atoms with Gasteiger partial charge in [0.15, 0.2) is 8.32 Å². The van der Waals surface area contributed by atoms with Gasteiger partial charge in [0.2, 0.25) is 0 Å². The summed E-state index contributed by atoms with van der Waals surface area (Å²) in [5, 5.41) is 4.79. The first kappa shape index (κ1) is 15.9. The summed E-state index contributed by atoms with van der Waals surface area (Å²) in [6.07, 6.45) is 2.99. The number of rotatable bonds is 5. The highest BCUT2D eigenvalue weighted by molar-refractivity contribution is 9.10. The minimum atomic E-state index is -1.63. The van der Waals surface area contributed by atoms with Crippen LogP contribution in [0.5, 0.6) is 0 Å². The first-order valence-corrected chi connectivity index (χ1v) is 10.2. The molecule has 18 heavy (non-hydrogen) atoms. The van der Waals surface area contributed by atoms with Crippen LogP contribution in [0.3, 0.4) is 0 Å². The number of hydrogen-bond acceptors (Lipinski definition) is 2. The highest BCUT2D eigenvalue weighted by Crippen LogP contribution is 2.36. The van der Waals surface area contributed by atoms with Crippen molar-refractivity contribution in [1.29, 1.82) is 0 Å². The van der Waals surface area contributed by atoms with Crippen LogP contribution in [-0.4, -0.2) is 24.7 Å². The SMILES string of the molecule is CCc1nn(CCO[Si](C)(C)C(C)(C)C)cc1Br. The van der Waals surface area contributed by atoms with Crippen LogP contribution in [0, 0.1) is 0 Å². The van der Waals surface area contributed by atoms with Crippen LogP contribution < -0.4 is 0 Å². The van der Waals surface area contributed by atoms with E-state index in [0.717, 1.165) is 29.7 Å². The number of hydrogen-bond donors (Lipinski definition) is 0. The Morgan fingerprint density at radius 1 is 1.39 bits per heavy atom. The number of aryl methyl sites for hydroxylation is 1. The lowest BCUT2D eigenvalue weighted by molar-refractivity contribution is 0.265. The van der Waals surface area contributed by atoms with E-state index in [0.29, 0.717) is 0 Å². The summed E-state index contributed by atoms with van der Waals surface area (Å²) in [5.74, 6) is 0. The Labute approximate surface area is 120 Å². The first-order valence-electron chi connectivity index (χ1n) is 6.53. The zero-order valence-electron chi connectivity index (χ0n) is 12.4. The van der Waals surface area contributed by atoms with Crippen molar-refractivity contribution < 1.29 is 4.43 Å².